The molecule has 0 radical (unpaired) electrons. The second-order valence-electron chi connectivity index (χ2n) is 4.23. The van der Waals surface area contributed by atoms with Crippen LogP contribution < -0.4 is 10.6 Å². The number of carbonyl (C=O) groups excluding carboxylic acids is 2. The third-order valence-corrected chi connectivity index (χ3v) is 3.87. The monoisotopic (exact) mass is 268 g/mol. The molecule has 0 aliphatic heterocycles. The zero-order valence-electron chi connectivity index (χ0n) is 10.2. The Labute approximate surface area is 110 Å². The lowest BCUT2D eigenvalue weighted by atomic mass is 10.2. The fourth-order valence-electron chi connectivity index (χ4n) is 2.07. The van der Waals surface area contributed by atoms with Gasteiger partial charge in [0.15, 0.2) is 0 Å². The zero-order valence-corrected chi connectivity index (χ0v) is 11.0. The van der Waals surface area contributed by atoms with Crippen molar-refractivity contribution in [2.24, 2.45) is 0 Å². The Morgan fingerprint density at radius 2 is 2.11 bits per heavy atom. The molecule has 1 heterocycles. The Bertz CT molecular complexity index is 438. The number of methoxy groups -OCH3 is 1. The number of anilines is 1. The highest BCUT2D eigenvalue weighted by molar-refractivity contribution is 7.12. The van der Waals surface area contributed by atoms with Gasteiger partial charge in [-0.3, -0.25) is 0 Å². The quantitative estimate of drug-likeness (QED) is 0.828. The maximum atomic E-state index is 11.8. The van der Waals surface area contributed by atoms with Crippen LogP contribution in [-0.4, -0.2) is 25.2 Å². The van der Waals surface area contributed by atoms with Crippen molar-refractivity contribution in [2.75, 3.05) is 12.4 Å². The largest absolute Gasteiger partial charge is 0.465 e. The third-order valence-electron chi connectivity index (χ3n) is 2.97. The minimum Gasteiger partial charge on any atom is -0.465 e. The van der Waals surface area contributed by atoms with Crippen molar-refractivity contribution in [1.82, 2.24) is 5.32 Å². The highest BCUT2D eigenvalue weighted by atomic mass is 32.1. The van der Waals surface area contributed by atoms with Crippen LogP contribution in [0.15, 0.2) is 11.4 Å². The number of nitrogens with one attached hydrogen (secondary N) is 2. The molecule has 5 nitrogen and oxygen atoms in total. The third kappa shape index (κ3) is 3.01. The van der Waals surface area contributed by atoms with E-state index in [2.05, 4.69) is 15.4 Å². The number of carbonyl (C=O) groups is 2. The summed E-state index contributed by atoms with van der Waals surface area (Å²) >= 11 is 1.25. The van der Waals surface area contributed by atoms with Gasteiger partial charge >= 0.3 is 12.0 Å². The predicted octanol–water partition coefficient (Wildman–Crippen LogP) is 2.60. The molecular weight excluding hydrogens is 252 g/mol. The zero-order chi connectivity index (χ0) is 13.0. The summed E-state index contributed by atoms with van der Waals surface area (Å²) in [6, 6.07) is 1.70. The van der Waals surface area contributed by atoms with Crippen molar-refractivity contribution < 1.29 is 14.3 Å². The van der Waals surface area contributed by atoms with Gasteiger partial charge < -0.3 is 15.4 Å². The summed E-state index contributed by atoms with van der Waals surface area (Å²) in [5, 5.41) is 7.34. The Kier molecular flexibility index (Phi) is 4.19. The van der Waals surface area contributed by atoms with E-state index >= 15 is 0 Å². The van der Waals surface area contributed by atoms with Gasteiger partial charge in [0.25, 0.3) is 0 Å². The molecule has 0 unspecified atom stereocenters. The standard InChI is InChI=1S/C12H16N2O3S/c1-17-11(15)10-9(6-7-18-10)14-12(16)13-8-4-2-3-5-8/h6-8H,2-5H2,1H3,(H2,13,14,16). The van der Waals surface area contributed by atoms with Gasteiger partial charge in [0, 0.05) is 6.04 Å². The van der Waals surface area contributed by atoms with E-state index in [-0.39, 0.29) is 12.1 Å². The smallest absolute Gasteiger partial charge is 0.350 e. The Morgan fingerprint density at radius 1 is 1.39 bits per heavy atom. The van der Waals surface area contributed by atoms with Crippen LogP contribution in [0.5, 0.6) is 0 Å². The first-order valence-corrected chi connectivity index (χ1v) is 6.82. The first-order chi connectivity index (χ1) is 8.70. The summed E-state index contributed by atoms with van der Waals surface area (Å²) < 4.78 is 4.65. The average Bonchev–Trinajstić information content (AvgIpc) is 2.99. The van der Waals surface area contributed by atoms with Gasteiger partial charge in [0.1, 0.15) is 4.88 Å². The summed E-state index contributed by atoms with van der Waals surface area (Å²) in [6.45, 7) is 0. The first kappa shape index (κ1) is 12.9. The van der Waals surface area contributed by atoms with Gasteiger partial charge in [0.05, 0.1) is 12.8 Å². The molecule has 18 heavy (non-hydrogen) atoms. The highest BCUT2D eigenvalue weighted by Gasteiger charge is 2.19. The van der Waals surface area contributed by atoms with Crippen molar-refractivity contribution in [2.45, 2.75) is 31.7 Å². The van der Waals surface area contributed by atoms with E-state index in [9.17, 15) is 9.59 Å². The predicted molar refractivity (Wildman–Crippen MR) is 70.1 cm³/mol. The molecule has 1 aromatic rings. The van der Waals surface area contributed by atoms with E-state index < -0.39 is 5.97 Å². The minimum absolute atomic E-state index is 0.255. The Balaban J connectivity index is 1.94. The van der Waals surface area contributed by atoms with Gasteiger partial charge in [-0.15, -0.1) is 11.3 Å². The minimum atomic E-state index is -0.429. The molecule has 0 atom stereocenters. The highest BCUT2D eigenvalue weighted by Crippen LogP contribution is 2.23. The number of ether oxygens (including phenoxy) is 1. The molecule has 0 aromatic carbocycles. The van der Waals surface area contributed by atoms with E-state index in [4.69, 9.17) is 0 Å². The van der Waals surface area contributed by atoms with Crippen LogP contribution in [-0.2, 0) is 4.74 Å². The fraction of sp³-hybridized carbons (Fsp3) is 0.500. The van der Waals surface area contributed by atoms with Crippen LogP contribution in [0.3, 0.4) is 0 Å². The maximum Gasteiger partial charge on any atom is 0.350 e. The van der Waals surface area contributed by atoms with Crippen molar-refractivity contribution in [3.05, 3.63) is 16.3 Å². The summed E-state index contributed by atoms with van der Waals surface area (Å²) in [4.78, 5) is 23.6. The van der Waals surface area contributed by atoms with Crippen molar-refractivity contribution in [3.63, 3.8) is 0 Å². The molecule has 98 valence electrons. The van der Waals surface area contributed by atoms with Crippen molar-refractivity contribution in [1.29, 1.82) is 0 Å². The number of esters is 1. The molecule has 2 N–H and O–H groups in total. The van der Waals surface area contributed by atoms with Crippen LogP contribution in [0.4, 0.5) is 10.5 Å². The SMILES string of the molecule is COC(=O)c1sccc1NC(=O)NC1CCCC1. The van der Waals surface area contributed by atoms with E-state index in [1.165, 1.54) is 18.4 Å². The second kappa shape index (κ2) is 5.86. The van der Waals surface area contributed by atoms with Gasteiger partial charge in [0.2, 0.25) is 0 Å². The van der Waals surface area contributed by atoms with Gasteiger partial charge in [-0.05, 0) is 24.3 Å². The molecule has 2 rings (SSSR count). The molecule has 0 bridgehead atoms. The van der Waals surface area contributed by atoms with Gasteiger partial charge in [-0.1, -0.05) is 12.8 Å². The van der Waals surface area contributed by atoms with Crippen LogP contribution in [0.2, 0.25) is 0 Å². The Morgan fingerprint density at radius 3 is 2.78 bits per heavy atom. The van der Waals surface area contributed by atoms with E-state index in [1.54, 1.807) is 11.4 Å². The molecule has 1 saturated carbocycles. The lowest BCUT2D eigenvalue weighted by molar-refractivity contribution is 0.0607. The molecular formula is C12H16N2O3S. The lowest BCUT2D eigenvalue weighted by Gasteiger charge is -2.12. The molecule has 1 aromatic heterocycles. The summed E-state index contributed by atoms with van der Waals surface area (Å²) in [5.74, 6) is -0.429. The van der Waals surface area contributed by atoms with Crippen LogP contribution >= 0.6 is 11.3 Å². The summed E-state index contributed by atoms with van der Waals surface area (Å²) in [6.07, 6.45) is 4.38. The number of thiophene rings is 1. The molecule has 6 heteroatoms. The summed E-state index contributed by atoms with van der Waals surface area (Å²) in [5.41, 5.74) is 0.502. The topological polar surface area (TPSA) is 67.4 Å². The molecule has 0 saturated heterocycles. The number of hydrogen-bond acceptors (Lipinski definition) is 4. The number of rotatable bonds is 3. The second-order valence-corrected chi connectivity index (χ2v) is 5.15. The van der Waals surface area contributed by atoms with Crippen molar-refractivity contribution in [3.8, 4) is 0 Å². The van der Waals surface area contributed by atoms with Gasteiger partial charge in [-0.25, -0.2) is 9.59 Å². The fourth-order valence-corrected chi connectivity index (χ4v) is 2.84. The number of hydrogen-bond donors (Lipinski definition) is 2. The normalized spacial score (nSPS) is 15.4. The van der Waals surface area contributed by atoms with Crippen molar-refractivity contribution >= 4 is 29.0 Å². The van der Waals surface area contributed by atoms with E-state index in [0.29, 0.717) is 10.6 Å². The molecule has 2 amide bonds. The number of amides is 2. The molecule has 1 aliphatic rings. The lowest BCUT2D eigenvalue weighted by Crippen LogP contribution is -2.36. The maximum absolute atomic E-state index is 11.8. The summed E-state index contributed by atoms with van der Waals surface area (Å²) in [7, 11) is 1.32. The average molecular weight is 268 g/mol. The van der Waals surface area contributed by atoms with E-state index in [1.807, 2.05) is 0 Å². The first-order valence-electron chi connectivity index (χ1n) is 5.94. The molecule has 0 spiro atoms. The number of urea groups is 1. The molecule has 1 fully saturated rings. The Hall–Kier alpha value is -1.56. The van der Waals surface area contributed by atoms with Crippen LogP contribution in [0, 0.1) is 0 Å². The van der Waals surface area contributed by atoms with Crippen LogP contribution in [0.1, 0.15) is 35.4 Å². The van der Waals surface area contributed by atoms with Gasteiger partial charge in [-0.2, -0.15) is 0 Å². The molecule has 1 aliphatic carbocycles. The van der Waals surface area contributed by atoms with Crippen LogP contribution in [0.25, 0.3) is 0 Å². The van der Waals surface area contributed by atoms with E-state index in [0.717, 1.165) is 25.7 Å².